The van der Waals surface area contributed by atoms with Gasteiger partial charge in [-0.2, -0.15) is 0 Å². The second-order valence-corrected chi connectivity index (χ2v) is 5.65. The molecule has 3 rings (SSSR count). The lowest BCUT2D eigenvalue weighted by Crippen LogP contribution is -2.07. The van der Waals surface area contributed by atoms with E-state index in [-0.39, 0.29) is 23.9 Å². The van der Waals surface area contributed by atoms with Gasteiger partial charge in [0.2, 0.25) is 5.78 Å². The number of halogens is 1. The van der Waals surface area contributed by atoms with Gasteiger partial charge >= 0.3 is 5.97 Å². The van der Waals surface area contributed by atoms with E-state index in [1.807, 2.05) is 30.3 Å². The van der Waals surface area contributed by atoms with Crippen molar-refractivity contribution in [1.29, 1.82) is 0 Å². The van der Waals surface area contributed by atoms with Crippen LogP contribution < -0.4 is 9.47 Å². The van der Waals surface area contributed by atoms with Crippen molar-refractivity contribution in [2.45, 2.75) is 12.8 Å². The number of alkyl halides is 1. The number of ketones is 1. The summed E-state index contributed by atoms with van der Waals surface area (Å²) in [4.78, 5) is 24.0. The van der Waals surface area contributed by atoms with E-state index in [1.165, 1.54) is 0 Å². The molecule has 1 aliphatic heterocycles. The second-order valence-electron chi connectivity index (χ2n) is 5.28. The Morgan fingerprint density at radius 2 is 1.96 bits per heavy atom. The van der Waals surface area contributed by atoms with E-state index in [0.29, 0.717) is 29.4 Å². The van der Waals surface area contributed by atoms with Gasteiger partial charge in [-0.15, -0.1) is 11.6 Å². The first-order valence-electron chi connectivity index (χ1n) is 7.57. The minimum atomic E-state index is -0.361. The van der Waals surface area contributed by atoms with Gasteiger partial charge < -0.3 is 9.47 Å². The molecule has 122 valence electrons. The number of carbonyl (C=O) groups excluding carboxylic acids is 2. The standard InChI is InChI=1S/C19H15ClO4/c20-10-4-7-18(21)23-14-8-9-15-16(12-14)24-17(19(15)22)11-13-5-2-1-3-6-13/h1-3,5-6,8-9,11-12H,4,7,10H2/b17-11-. The van der Waals surface area contributed by atoms with Crippen molar-refractivity contribution in [3.63, 3.8) is 0 Å². The SMILES string of the molecule is O=C(CCCCl)Oc1ccc2c(c1)O/C(=C\c1ccccc1)C2=O. The fourth-order valence-electron chi connectivity index (χ4n) is 2.32. The minimum absolute atomic E-state index is 0.186. The van der Waals surface area contributed by atoms with Gasteiger partial charge in [0.1, 0.15) is 11.5 Å². The first-order valence-corrected chi connectivity index (χ1v) is 8.11. The third kappa shape index (κ3) is 3.66. The Bertz CT molecular complexity index is 796. The Balaban J connectivity index is 1.77. The zero-order chi connectivity index (χ0) is 16.9. The lowest BCUT2D eigenvalue weighted by Gasteiger charge is -2.05. The van der Waals surface area contributed by atoms with E-state index < -0.39 is 0 Å². The predicted octanol–water partition coefficient (Wildman–Crippen LogP) is 4.23. The summed E-state index contributed by atoms with van der Waals surface area (Å²) in [6.45, 7) is 0. The Morgan fingerprint density at radius 1 is 1.17 bits per heavy atom. The van der Waals surface area contributed by atoms with Crippen LogP contribution in [0.3, 0.4) is 0 Å². The van der Waals surface area contributed by atoms with Crippen LogP contribution in [0.4, 0.5) is 0 Å². The molecule has 0 aromatic heterocycles. The molecule has 2 aromatic rings. The molecule has 0 bridgehead atoms. The summed E-state index contributed by atoms with van der Waals surface area (Å²) in [6, 6.07) is 14.2. The summed E-state index contributed by atoms with van der Waals surface area (Å²) < 4.78 is 10.8. The molecule has 1 aliphatic rings. The Labute approximate surface area is 144 Å². The van der Waals surface area contributed by atoms with Crippen molar-refractivity contribution in [1.82, 2.24) is 0 Å². The van der Waals surface area contributed by atoms with Crippen molar-refractivity contribution in [3.8, 4) is 11.5 Å². The number of rotatable bonds is 5. The lowest BCUT2D eigenvalue weighted by molar-refractivity contribution is -0.134. The van der Waals surface area contributed by atoms with Crippen LogP contribution in [-0.4, -0.2) is 17.6 Å². The van der Waals surface area contributed by atoms with Crippen molar-refractivity contribution < 1.29 is 19.1 Å². The Morgan fingerprint density at radius 3 is 2.71 bits per heavy atom. The molecule has 0 saturated carbocycles. The van der Waals surface area contributed by atoms with Crippen LogP contribution in [0.1, 0.15) is 28.8 Å². The molecule has 1 heterocycles. The summed E-state index contributed by atoms with van der Waals surface area (Å²) in [7, 11) is 0. The molecule has 0 amide bonds. The molecule has 0 fully saturated rings. The van der Waals surface area contributed by atoms with Gasteiger partial charge in [0.25, 0.3) is 0 Å². The van der Waals surface area contributed by atoms with Crippen molar-refractivity contribution in [3.05, 3.63) is 65.4 Å². The molecule has 4 nitrogen and oxygen atoms in total. The maximum atomic E-state index is 12.4. The first-order chi connectivity index (χ1) is 11.7. The summed E-state index contributed by atoms with van der Waals surface area (Å²) in [5.41, 5.74) is 1.33. The molecule has 2 aromatic carbocycles. The van der Waals surface area contributed by atoms with Gasteiger partial charge in [-0.25, -0.2) is 0 Å². The third-order valence-electron chi connectivity index (χ3n) is 3.48. The maximum Gasteiger partial charge on any atom is 0.311 e. The van der Waals surface area contributed by atoms with Crippen LogP contribution in [0.5, 0.6) is 11.5 Å². The van der Waals surface area contributed by atoms with Crippen LogP contribution >= 0.6 is 11.6 Å². The lowest BCUT2D eigenvalue weighted by atomic mass is 10.1. The highest BCUT2D eigenvalue weighted by Crippen LogP contribution is 2.35. The molecular weight excluding hydrogens is 328 g/mol. The summed E-state index contributed by atoms with van der Waals surface area (Å²) in [5.74, 6) is 0.854. The van der Waals surface area contributed by atoms with Crippen molar-refractivity contribution >= 4 is 29.4 Å². The number of hydrogen-bond acceptors (Lipinski definition) is 4. The van der Waals surface area contributed by atoms with Gasteiger partial charge in [0, 0.05) is 18.4 Å². The van der Waals surface area contributed by atoms with Crippen LogP contribution in [0.15, 0.2) is 54.3 Å². The second kappa shape index (κ2) is 7.32. The van der Waals surface area contributed by atoms with Crippen molar-refractivity contribution in [2.75, 3.05) is 5.88 Å². The largest absolute Gasteiger partial charge is 0.452 e. The maximum absolute atomic E-state index is 12.4. The molecule has 24 heavy (non-hydrogen) atoms. The van der Waals surface area contributed by atoms with E-state index in [9.17, 15) is 9.59 Å². The number of ether oxygens (including phenoxy) is 2. The van der Waals surface area contributed by atoms with Gasteiger partial charge in [-0.3, -0.25) is 9.59 Å². The highest BCUT2D eigenvalue weighted by molar-refractivity contribution is 6.18. The van der Waals surface area contributed by atoms with E-state index in [1.54, 1.807) is 24.3 Å². The molecule has 0 spiro atoms. The van der Waals surface area contributed by atoms with Crippen LogP contribution in [0, 0.1) is 0 Å². The molecule has 0 radical (unpaired) electrons. The number of esters is 1. The number of hydrogen-bond donors (Lipinski definition) is 0. The molecule has 0 saturated heterocycles. The highest BCUT2D eigenvalue weighted by Gasteiger charge is 2.27. The Hall–Kier alpha value is -2.59. The van der Waals surface area contributed by atoms with Crippen LogP contribution in [-0.2, 0) is 4.79 Å². The fraction of sp³-hybridized carbons (Fsp3) is 0.158. The molecule has 0 atom stereocenters. The van der Waals surface area contributed by atoms with E-state index in [0.717, 1.165) is 5.56 Å². The van der Waals surface area contributed by atoms with E-state index >= 15 is 0 Å². The fourth-order valence-corrected chi connectivity index (χ4v) is 2.46. The zero-order valence-corrected chi connectivity index (χ0v) is 13.6. The summed E-state index contributed by atoms with van der Waals surface area (Å²) >= 11 is 5.55. The quantitative estimate of drug-likeness (QED) is 0.353. The molecule has 0 N–H and O–H groups in total. The Kier molecular flexibility index (Phi) is 4.96. The van der Waals surface area contributed by atoms with Gasteiger partial charge in [-0.1, -0.05) is 30.3 Å². The highest BCUT2D eigenvalue weighted by atomic mass is 35.5. The van der Waals surface area contributed by atoms with Crippen LogP contribution in [0.25, 0.3) is 6.08 Å². The zero-order valence-electron chi connectivity index (χ0n) is 12.8. The molecular formula is C19H15ClO4. The van der Waals surface area contributed by atoms with E-state index in [2.05, 4.69) is 0 Å². The van der Waals surface area contributed by atoms with Gasteiger partial charge in [-0.05, 0) is 30.2 Å². The number of allylic oxidation sites excluding steroid dienone is 1. The number of benzene rings is 2. The first kappa shape index (κ1) is 16.3. The summed E-state index contributed by atoms with van der Waals surface area (Å²) in [5, 5.41) is 0. The number of Topliss-reactive ketones (excluding diaryl/α,β-unsaturated/α-hetero) is 1. The topological polar surface area (TPSA) is 52.6 Å². The molecule has 5 heteroatoms. The number of fused-ring (bicyclic) bond motifs is 1. The van der Waals surface area contributed by atoms with Crippen LogP contribution in [0.2, 0.25) is 0 Å². The molecule has 0 unspecified atom stereocenters. The monoisotopic (exact) mass is 342 g/mol. The minimum Gasteiger partial charge on any atom is -0.452 e. The molecule has 0 aliphatic carbocycles. The summed E-state index contributed by atoms with van der Waals surface area (Å²) in [6.07, 6.45) is 2.50. The van der Waals surface area contributed by atoms with Crippen molar-refractivity contribution in [2.24, 2.45) is 0 Å². The normalized spacial score (nSPS) is 14.4. The smallest absolute Gasteiger partial charge is 0.311 e. The van der Waals surface area contributed by atoms with Gasteiger partial charge in [0.05, 0.1) is 5.56 Å². The third-order valence-corrected chi connectivity index (χ3v) is 3.75. The average Bonchev–Trinajstić information content (AvgIpc) is 2.89. The van der Waals surface area contributed by atoms with E-state index in [4.69, 9.17) is 21.1 Å². The average molecular weight is 343 g/mol. The van der Waals surface area contributed by atoms with Gasteiger partial charge in [0.15, 0.2) is 5.76 Å². The predicted molar refractivity (Wildman–Crippen MR) is 91.4 cm³/mol. The number of carbonyl (C=O) groups is 2.